The number of aryl methyl sites for hydroxylation is 1. The number of carbonyl (C=O) groups excluding carboxylic acids is 2. The van der Waals surface area contributed by atoms with Gasteiger partial charge in [0.2, 0.25) is 0 Å². The minimum absolute atomic E-state index is 0.0731. The van der Waals surface area contributed by atoms with Crippen molar-refractivity contribution < 1.29 is 18.7 Å². The molecule has 0 atom stereocenters. The molecule has 0 fully saturated rings. The van der Waals surface area contributed by atoms with Crippen molar-refractivity contribution in [3.05, 3.63) is 65.1 Å². The summed E-state index contributed by atoms with van der Waals surface area (Å²) in [6.07, 6.45) is 1.39. The molecule has 0 unspecified atom stereocenters. The monoisotopic (exact) mass is 298 g/mol. The van der Waals surface area contributed by atoms with E-state index in [0.717, 1.165) is 5.56 Å². The first-order valence-corrected chi connectivity index (χ1v) is 7.08. The highest BCUT2D eigenvalue weighted by Gasteiger charge is 2.17. The molecule has 2 rings (SSSR count). The van der Waals surface area contributed by atoms with Crippen LogP contribution < -0.4 is 0 Å². The van der Waals surface area contributed by atoms with Crippen molar-refractivity contribution in [3.8, 4) is 0 Å². The van der Waals surface area contributed by atoms with Gasteiger partial charge in [-0.2, -0.15) is 0 Å². The lowest BCUT2D eigenvalue weighted by Gasteiger charge is -2.05. The summed E-state index contributed by atoms with van der Waals surface area (Å²) in [7, 11) is 0. The molecule has 0 saturated heterocycles. The molecule has 22 heavy (non-hydrogen) atoms. The second-order valence-corrected chi connectivity index (χ2v) is 4.81. The Kier molecular flexibility index (Phi) is 4.94. The molecule has 0 N–H and O–H groups in total. The van der Waals surface area contributed by atoms with Crippen LogP contribution in [0.1, 0.15) is 41.3 Å². The number of hydrogen-bond acceptors (Lipinski definition) is 4. The van der Waals surface area contributed by atoms with E-state index in [1.54, 1.807) is 19.9 Å². The Balaban J connectivity index is 2.52. The summed E-state index contributed by atoms with van der Waals surface area (Å²) < 4.78 is 10.7. The van der Waals surface area contributed by atoms with E-state index in [-0.39, 0.29) is 5.78 Å². The molecule has 1 aromatic carbocycles. The summed E-state index contributed by atoms with van der Waals surface area (Å²) in [4.78, 5) is 23.4. The lowest BCUT2D eigenvalue weighted by Crippen LogP contribution is -2.01. The fraction of sp³-hybridized carbons (Fsp3) is 0.222. The Morgan fingerprint density at radius 3 is 2.45 bits per heavy atom. The van der Waals surface area contributed by atoms with Crippen molar-refractivity contribution in [2.75, 3.05) is 6.61 Å². The highest BCUT2D eigenvalue weighted by molar-refractivity contribution is 5.99. The Labute approximate surface area is 129 Å². The predicted octanol–water partition coefficient (Wildman–Crippen LogP) is 3.79. The van der Waals surface area contributed by atoms with E-state index < -0.39 is 5.97 Å². The first-order valence-electron chi connectivity index (χ1n) is 7.08. The molecule has 0 spiro atoms. The molecule has 114 valence electrons. The summed E-state index contributed by atoms with van der Waals surface area (Å²) in [6, 6.07) is 11.0. The van der Waals surface area contributed by atoms with E-state index in [4.69, 9.17) is 9.15 Å². The van der Waals surface area contributed by atoms with Gasteiger partial charge in [0.05, 0.1) is 12.2 Å². The zero-order chi connectivity index (χ0) is 16.1. The number of carbonyl (C=O) groups is 2. The van der Waals surface area contributed by atoms with E-state index in [1.807, 2.05) is 30.3 Å². The molecule has 4 heteroatoms. The van der Waals surface area contributed by atoms with Gasteiger partial charge in [0.25, 0.3) is 0 Å². The van der Waals surface area contributed by atoms with Gasteiger partial charge in [0, 0.05) is 11.6 Å². The van der Waals surface area contributed by atoms with Gasteiger partial charge < -0.3 is 9.15 Å². The van der Waals surface area contributed by atoms with Crippen LogP contribution in [-0.2, 0) is 9.53 Å². The zero-order valence-corrected chi connectivity index (χ0v) is 12.9. The van der Waals surface area contributed by atoms with E-state index in [9.17, 15) is 9.59 Å². The zero-order valence-electron chi connectivity index (χ0n) is 12.9. The first kappa shape index (κ1) is 15.8. The Hall–Kier alpha value is -2.62. The summed E-state index contributed by atoms with van der Waals surface area (Å²) in [5, 5.41) is 0. The number of hydrogen-bond donors (Lipinski definition) is 0. The maximum Gasteiger partial charge on any atom is 0.331 e. The van der Waals surface area contributed by atoms with E-state index in [0.29, 0.717) is 29.3 Å². The van der Waals surface area contributed by atoms with Gasteiger partial charge in [0.15, 0.2) is 5.78 Å². The van der Waals surface area contributed by atoms with Crippen LogP contribution in [0, 0.1) is 6.92 Å². The molecule has 1 heterocycles. The standard InChI is InChI=1S/C18H18O4/c1-4-21-18(20)11-16(14-8-6-5-7-9-14)17-10-15(12(2)19)13(3)22-17/h5-11H,4H2,1-3H3/b16-11-. The molecule has 0 aliphatic carbocycles. The molecule has 4 nitrogen and oxygen atoms in total. The maximum absolute atomic E-state index is 11.8. The fourth-order valence-electron chi connectivity index (χ4n) is 2.18. The van der Waals surface area contributed by atoms with Gasteiger partial charge in [-0.1, -0.05) is 30.3 Å². The largest absolute Gasteiger partial charge is 0.463 e. The fourth-order valence-corrected chi connectivity index (χ4v) is 2.18. The van der Waals surface area contributed by atoms with Crippen molar-refractivity contribution in [3.63, 3.8) is 0 Å². The molecule has 0 radical (unpaired) electrons. The predicted molar refractivity (Wildman–Crippen MR) is 83.6 cm³/mol. The van der Waals surface area contributed by atoms with Gasteiger partial charge in [0.1, 0.15) is 11.5 Å². The van der Waals surface area contributed by atoms with Crippen molar-refractivity contribution >= 4 is 17.3 Å². The lowest BCUT2D eigenvalue weighted by atomic mass is 10.0. The molecule has 1 aromatic heterocycles. The molecule has 2 aromatic rings. The number of ketones is 1. The highest BCUT2D eigenvalue weighted by atomic mass is 16.5. The summed E-state index contributed by atoms with van der Waals surface area (Å²) in [6.45, 7) is 5.26. The molecular formula is C18H18O4. The molecule has 0 bridgehead atoms. The van der Waals surface area contributed by atoms with Crippen LogP contribution >= 0.6 is 0 Å². The van der Waals surface area contributed by atoms with Crippen LogP contribution in [0.3, 0.4) is 0 Å². The van der Waals surface area contributed by atoms with Gasteiger partial charge in [-0.15, -0.1) is 0 Å². The van der Waals surface area contributed by atoms with Gasteiger partial charge in [-0.25, -0.2) is 4.79 Å². The molecule has 0 amide bonds. The smallest absolute Gasteiger partial charge is 0.331 e. The van der Waals surface area contributed by atoms with Crippen LogP contribution in [0.2, 0.25) is 0 Å². The van der Waals surface area contributed by atoms with Crippen LogP contribution in [0.4, 0.5) is 0 Å². The summed E-state index contributed by atoms with van der Waals surface area (Å²) in [5.41, 5.74) is 1.93. The summed E-state index contributed by atoms with van der Waals surface area (Å²) >= 11 is 0. The topological polar surface area (TPSA) is 56.5 Å². The van der Waals surface area contributed by atoms with Gasteiger partial charge in [-0.3, -0.25) is 4.79 Å². The average molecular weight is 298 g/mol. The number of furan rings is 1. The van der Waals surface area contributed by atoms with Crippen molar-refractivity contribution in [2.45, 2.75) is 20.8 Å². The minimum Gasteiger partial charge on any atom is -0.463 e. The van der Waals surface area contributed by atoms with E-state index in [2.05, 4.69) is 0 Å². The Bertz CT molecular complexity index is 708. The molecule has 0 saturated carbocycles. The normalized spacial score (nSPS) is 11.3. The van der Waals surface area contributed by atoms with Crippen molar-refractivity contribution in [1.29, 1.82) is 0 Å². The van der Waals surface area contributed by atoms with Gasteiger partial charge in [-0.05, 0) is 32.4 Å². The third-order valence-corrected chi connectivity index (χ3v) is 3.20. The number of ether oxygens (including phenoxy) is 1. The number of benzene rings is 1. The second-order valence-electron chi connectivity index (χ2n) is 4.81. The van der Waals surface area contributed by atoms with Gasteiger partial charge >= 0.3 is 5.97 Å². The highest BCUT2D eigenvalue weighted by Crippen LogP contribution is 2.27. The maximum atomic E-state index is 11.8. The second kappa shape index (κ2) is 6.89. The number of Topliss-reactive ketones (excluding diaryl/α,β-unsaturated/α-hetero) is 1. The molecular weight excluding hydrogens is 280 g/mol. The summed E-state index contributed by atoms with van der Waals surface area (Å²) in [5.74, 6) is 0.492. The quantitative estimate of drug-likeness (QED) is 0.479. The van der Waals surface area contributed by atoms with Crippen molar-refractivity contribution in [2.24, 2.45) is 0 Å². The SMILES string of the molecule is CCOC(=O)/C=C(/c1ccccc1)c1cc(C(C)=O)c(C)o1. The third-order valence-electron chi connectivity index (χ3n) is 3.20. The molecule has 0 aliphatic heterocycles. The Morgan fingerprint density at radius 1 is 1.23 bits per heavy atom. The number of esters is 1. The van der Waals surface area contributed by atoms with Crippen LogP contribution in [0.25, 0.3) is 5.57 Å². The first-order chi connectivity index (χ1) is 10.5. The van der Waals surface area contributed by atoms with Crippen LogP contribution in [0.15, 0.2) is 46.9 Å². The van der Waals surface area contributed by atoms with Crippen LogP contribution in [-0.4, -0.2) is 18.4 Å². The minimum atomic E-state index is -0.445. The van der Waals surface area contributed by atoms with Crippen molar-refractivity contribution in [1.82, 2.24) is 0 Å². The molecule has 0 aliphatic rings. The van der Waals surface area contributed by atoms with E-state index >= 15 is 0 Å². The third kappa shape index (κ3) is 3.52. The average Bonchev–Trinajstić information content (AvgIpc) is 2.88. The number of rotatable bonds is 5. The lowest BCUT2D eigenvalue weighted by molar-refractivity contribution is -0.137. The Morgan fingerprint density at radius 2 is 1.91 bits per heavy atom. The van der Waals surface area contributed by atoms with E-state index in [1.165, 1.54) is 13.0 Å². The van der Waals surface area contributed by atoms with Crippen LogP contribution in [0.5, 0.6) is 0 Å².